The normalized spacial score (nSPS) is 30.5. The standard InChI is InChI=1S/C25H40O3S/c26-25(27)14-8-4-3-7-13-21-22(24-16-15-23(21)28-24)17-19-29-18-9-12-20-10-5-1-2-6-11-20/h3,7,9,12,20-24H,1-2,4-6,8,10-11,13-19H2,(H,26,27)/t21-,22+,23-,24+/m1/s1. The van der Waals surface area contributed by atoms with E-state index in [0.717, 1.165) is 36.9 Å². The Bertz CT molecular complexity index is 536. The first kappa shape index (κ1) is 22.9. The average molecular weight is 421 g/mol. The Morgan fingerprint density at radius 3 is 2.48 bits per heavy atom. The second kappa shape index (κ2) is 12.8. The van der Waals surface area contributed by atoms with Gasteiger partial charge in [0.1, 0.15) is 0 Å². The summed E-state index contributed by atoms with van der Waals surface area (Å²) in [7, 11) is 0. The number of carboxylic acid groups (broad SMARTS) is 1. The van der Waals surface area contributed by atoms with E-state index in [-0.39, 0.29) is 6.42 Å². The number of carboxylic acids is 1. The highest BCUT2D eigenvalue weighted by Crippen LogP contribution is 2.47. The number of hydrogen-bond donors (Lipinski definition) is 1. The molecule has 164 valence electrons. The van der Waals surface area contributed by atoms with E-state index in [0.29, 0.717) is 18.1 Å². The van der Waals surface area contributed by atoms with Crippen LogP contribution >= 0.6 is 11.8 Å². The van der Waals surface area contributed by atoms with Crippen LogP contribution in [0.25, 0.3) is 0 Å². The maximum absolute atomic E-state index is 10.6. The van der Waals surface area contributed by atoms with E-state index in [1.54, 1.807) is 0 Å². The Hall–Kier alpha value is -0.740. The third-order valence-electron chi connectivity index (χ3n) is 7.04. The molecule has 0 aromatic rings. The summed E-state index contributed by atoms with van der Waals surface area (Å²) >= 11 is 2.08. The molecule has 29 heavy (non-hydrogen) atoms. The van der Waals surface area contributed by atoms with Gasteiger partial charge < -0.3 is 9.84 Å². The van der Waals surface area contributed by atoms with Crippen LogP contribution in [0.3, 0.4) is 0 Å². The first-order chi connectivity index (χ1) is 14.2. The lowest BCUT2D eigenvalue weighted by Crippen LogP contribution is -2.27. The second-order valence-electron chi connectivity index (χ2n) is 9.15. The molecule has 0 amide bonds. The highest BCUT2D eigenvalue weighted by molar-refractivity contribution is 7.99. The van der Waals surface area contributed by atoms with E-state index < -0.39 is 5.97 Å². The number of aliphatic carboxylic acids is 1. The number of fused-ring (bicyclic) bond motifs is 2. The Balaban J connectivity index is 1.32. The summed E-state index contributed by atoms with van der Waals surface area (Å²) in [5, 5.41) is 8.72. The molecule has 1 aliphatic carbocycles. The fourth-order valence-electron chi connectivity index (χ4n) is 5.46. The van der Waals surface area contributed by atoms with Crippen LogP contribution < -0.4 is 0 Å². The van der Waals surface area contributed by atoms with Crippen molar-refractivity contribution < 1.29 is 14.6 Å². The zero-order chi connectivity index (χ0) is 20.3. The largest absolute Gasteiger partial charge is 0.481 e. The van der Waals surface area contributed by atoms with Gasteiger partial charge in [-0.05, 0) is 74.9 Å². The van der Waals surface area contributed by atoms with E-state index >= 15 is 0 Å². The molecule has 0 radical (unpaired) electrons. The van der Waals surface area contributed by atoms with E-state index in [4.69, 9.17) is 9.84 Å². The molecule has 1 N–H and O–H groups in total. The molecule has 3 rings (SSSR count). The summed E-state index contributed by atoms with van der Waals surface area (Å²) in [6.45, 7) is 0. The van der Waals surface area contributed by atoms with Gasteiger partial charge in [-0.25, -0.2) is 0 Å². The third kappa shape index (κ3) is 7.79. The fourth-order valence-corrected chi connectivity index (χ4v) is 6.31. The third-order valence-corrected chi connectivity index (χ3v) is 8.00. The van der Waals surface area contributed by atoms with Crippen molar-refractivity contribution in [2.24, 2.45) is 17.8 Å². The number of thioether (sulfide) groups is 1. The first-order valence-electron chi connectivity index (χ1n) is 12.0. The number of rotatable bonds is 12. The lowest BCUT2D eigenvalue weighted by atomic mass is 9.76. The SMILES string of the molecule is O=C(O)CCCC=CC[C@@H]1[C@H](CCSCC=CC2CCCCCC2)[C@@H]2CC[C@H]1O2. The molecular weight excluding hydrogens is 380 g/mol. The van der Waals surface area contributed by atoms with E-state index in [1.165, 1.54) is 63.5 Å². The van der Waals surface area contributed by atoms with Crippen LogP contribution in [0, 0.1) is 17.8 Å². The Morgan fingerprint density at radius 2 is 1.72 bits per heavy atom. The van der Waals surface area contributed by atoms with Gasteiger partial charge in [-0.1, -0.05) is 50.0 Å². The van der Waals surface area contributed by atoms with Crippen LogP contribution in [0.5, 0.6) is 0 Å². The maximum Gasteiger partial charge on any atom is 0.303 e. The van der Waals surface area contributed by atoms with Crippen LogP contribution in [0.4, 0.5) is 0 Å². The summed E-state index contributed by atoms with van der Waals surface area (Å²) in [6, 6.07) is 0. The zero-order valence-corrected chi connectivity index (χ0v) is 18.8. The van der Waals surface area contributed by atoms with Crippen molar-refractivity contribution in [1.29, 1.82) is 0 Å². The van der Waals surface area contributed by atoms with Gasteiger partial charge in [-0.2, -0.15) is 11.8 Å². The summed E-state index contributed by atoms with van der Waals surface area (Å²) in [5.74, 6) is 3.94. The smallest absolute Gasteiger partial charge is 0.303 e. The monoisotopic (exact) mass is 420 g/mol. The predicted molar refractivity (Wildman–Crippen MR) is 122 cm³/mol. The molecule has 0 aromatic heterocycles. The van der Waals surface area contributed by atoms with Crippen LogP contribution in [-0.2, 0) is 9.53 Å². The van der Waals surface area contributed by atoms with E-state index in [2.05, 4.69) is 36.1 Å². The number of ether oxygens (including phenoxy) is 1. The van der Waals surface area contributed by atoms with E-state index in [1.807, 2.05) is 0 Å². The van der Waals surface area contributed by atoms with Gasteiger partial charge in [0.25, 0.3) is 0 Å². The van der Waals surface area contributed by atoms with Gasteiger partial charge in [0.2, 0.25) is 0 Å². The molecule has 2 heterocycles. The summed E-state index contributed by atoms with van der Waals surface area (Å²) in [6.07, 6.45) is 25.6. The van der Waals surface area contributed by atoms with Gasteiger partial charge in [-0.3, -0.25) is 4.79 Å². The molecule has 0 unspecified atom stereocenters. The molecule has 2 bridgehead atoms. The minimum Gasteiger partial charge on any atom is -0.481 e. The van der Waals surface area contributed by atoms with Crippen LogP contribution in [0.1, 0.15) is 83.5 Å². The number of carbonyl (C=O) groups is 1. The molecule has 2 aliphatic heterocycles. The fraction of sp³-hybridized carbons (Fsp3) is 0.800. The first-order valence-corrected chi connectivity index (χ1v) is 13.2. The van der Waals surface area contributed by atoms with E-state index in [9.17, 15) is 4.79 Å². The minimum atomic E-state index is -0.693. The Kier molecular flexibility index (Phi) is 10.2. The molecule has 3 aliphatic rings. The van der Waals surface area contributed by atoms with Crippen molar-refractivity contribution in [3.63, 3.8) is 0 Å². The number of allylic oxidation sites excluding steroid dienone is 3. The van der Waals surface area contributed by atoms with Gasteiger partial charge in [0.05, 0.1) is 12.2 Å². The van der Waals surface area contributed by atoms with Gasteiger partial charge in [0, 0.05) is 12.2 Å². The van der Waals surface area contributed by atoms with Crippen molar-refractivity contribution in [1.82, 2.24) is 0 Å². The van der Waals surface area contributed by atoms with Crippen molar-refractivity contribution in [3.8, 4) is 0 Å². The zero-order valence-electron chi connectivity index (χ0n) is 18.0. The molecule has 4 heteroatoms. The molecule has 3 fully saturated rings. The lowest BCUT2D eigenvalue weighted by Gasteiger charge is -2.27. The van der Waals surface area contributed by atoms with Crippen LogP contribution in [0.2, 0.25) is 0 Å². The summed E-state index contributed by atoms with van der Waals surface area (Å²) < 4.78 is 6.24. The highest BCUT2D eigenvalue weighted by Gasteiger charge is 2.47. The van der Waals surface area contributed by atoms with Gasteiger partial charge in [-0.15, -0.1) is 0 Å². The van der Waals surface area contributed by atoms with Gasteiger partial charge in [0.15, 0.2) is 0 Å². The highest BCUT2D eigenvalue weighted by atomic mass is 32.2. The van der Waals surface area contributed by atoms with Gasteiger partial charge >= 0.3 is 5.97 Å². The minimum absolute atomic E-state index is 0.274. The lowest BCUT2D eigenvalue weighted by molar-refractivity contribution is -0.137. The second-order valence-corrected chi connectivity index (χ2v) is 10.3. The predicted octanol–water partition coefficient (Wildman–Crippen LogP) is 6.63. The Morgan fingerprint density at radius 1 is 0.966 bits per heavy atom. The number of hydrogen-bond acceptors (Lipinski definition) is 3. The van der Waals surface area contributed by atoms with Crippen LogP contribution in [-0.4, -0.2) is 34.8 Å². The molecule has 2 saturated heterocycles. The summed E-state index contributed by atoms with van der Waals surface area (Å²) in [5.41, 5.74) is 0. The topological polar surface area (TPSA) is 46.5 Å². The van der Waals surface area contributed by atoms with Crippen molar-refractivity contribution >= 4 is 17.7 Å². The maximum atomic E-state index is 10.6. The molecular formula is C25H40O3S. The van der Waals surface area contributed by atoms with Crippen LogP contribution in [0.15, 0.2) is 24.3 Å². The number of unbranched alkanes of at least 4 members (excludes halogenated alkanes) is 1. The van der Waals surface area contributed by atoms with Crippen molar-refractivity contribution in [2.75, 3.05) is 11.5 Å². The Labute approximate surface area is 181 Å². The summed E-state index contributed by atoms with van der Waals surface area (Å²) in [4.78, 5) is 10.6. The molecule has 4 atom stereocenters. The molecule has 0 spiro atoms. The average Bonchev–Trinajstić information content (AvgIpc) is 3.20. The van der Waals surface area contributed by atoms with Crippen molar-refractivity contribution in [2.45, 2.75) is 95.7 Å². The molecule has 0 aromatic carbocycles. The van der Waals surface area contributed by atoms with Crippen molar-refractivity contribution in [3.05, 3.63) is 24.3 Å². The quantitative estimate of drug-likeness (QED) is 0.219. The molecule has 3 nitrogen and oxygen atoms in total. The molecule has 1 saturated carbocycles.